The fraction of sp³-hybridized carbons (Fsp3) is 0.588. The third-order valence-corrected chi connectivity index (χ3v) is 3.44. The minimum Gasteiger partial charge on any atom is -0.356 e. The lowest BCUT2D eigenvalue weighted by atomic mass is 9.93. The fourth-order valence-corrected chi connectivity index (χ4v) is 2.45. The molecule has 0 saturated heterocycles. The molecular weight excluding hydrogens is 317 g/mol. The van der Waals surface area contributed by atoms with Crippen molar-refractivity contribution in [2.45, 2.75) is 26.6 Å². The molecule has 0 aliphatic rings. The molecule has 4 nitrogen and oxygen atoms in total. The van der Waals surface area contributed by atoms with Crippen LogP contribution in [0.15, 0.2) is 29.3 Å². The van der Waals surface area contributed by atoms with E-state index in [4.69, 9.17) is 0 Å². The molecule has 136 valence electrons. The first kappa shape index (κ1) is 20.3. The SMILES string of the molecule is CN=C(NCc1ccc(C(F)(F)F)cc1)NCC(C)(C)CN(C)C. The lowest BCUT2D eigenvalue weighted by Crippen LogP contribution is -2.44. The van der Waals surface area contributed by atoms with Gasteiger partial charge in [0.2, 0.25) is 0 Å². The number of benzene rings is 1. The van der Waals surface area contributed by atoms with Gasteiger partial charge in [0, 0.05) is 26.7 Å². The Morgan fingerprint density at radius 3 is 2.12 bits per heavy atom. The van der Waals surface area contributed by atoms with E-state index in [-0.39, 0.29) is 5.41 Å². The molecule has 0 aliphatic carbocycles. The molecule has 0 spiro atoms. The Kier molecular flexibility index (Phi) is 7.08. The Morgan fingerprint density at radius 1 is 1.08 bits per heavy atom. The molecular formula is C17H27F3N4. The summed E-state index contributed by atoms with van der Waals surface area (Å²) in [5, 5.41) is 6.37. The molecule has 0 fully saturated rings. The normalized spacial score (nSPS) is 13.3. The first-order valence-electron chi connectivity index (χ1n) is 7.79. The number of hydrogen-bond donors (Lipinski definition) is 2. The second kappa shape index (κ2) is 8.37. The summed E-state index contributed by atoms with van der Waals surface area (Å²) in [4.78, 5) is 6.27. The van der Waals surface area contributed by atoms with E-state index >= 15 is 0 Å². The van der Waals surface area contributed by atoms with Crippen LogP contribution in [0.3, 0.4) is 0 Å². The average Bonchev–Trinajstić information content (AvgIpc) is 2.45. The standard InChI is InChI=1S/C17H27F3N4/c1-16(2,12-24(4)5)11-23-15(21-3)22-10-13-6-8-14(9-7-13)17(18,19)20/h6-9H,10-12H2,1-5H3,(H2,21,22,23). The smallest absolute Gasteiger partial charge is 0.356 e. The van der Waals surface area contributed by atoms with Gasteiger partial charge in [-0.25, -0.2) is 0 Å². The lowest BCUT2D eigenvalue weighted by Gasteiger charge is -2.29. The summed E-state index contributed by atoms with van der Waals surface area (Å²) in [6.07, 6.45) is -4.30. The van der Waals surface area contributed by atoms with Crippen LogP contribution in [0.4, 0.5) is 13.2 Å². The molecule has 1 aromatic carbocycles. The van der Waals surface area contributed by atoms with Crippen LogP contribution in [-0.4, -0.2) is 45.1 Å². The largest absolute Gasteiger partial charge is 0.416 e. The van der Waals surface area contributed by atoms with Crippen molar-refractivity contribution in [2.24, 2.45) is 10.4 Å². The zero-order valence-electron chi connectivity index (χ0n) is 15.0. The maximum atomic E-state index is 12.5. The van der Waals surface area contributed by atoms with Gasteiger partial charge in [-0.15, -0.1) is 0 Å². The minimum atomic E-state index is -4.30. The van der Waals surface area contributed by atoms with E-state index in [2.05, 4.69) is 34.4 Å². The molecule has 2 N–H and O–H groups in total. The monoisotopic (exact) mass is 344 g/mol. The van der Waals surface area contributed by atoms with Crippen LogP contribution in [0.2, 0.25) is 0 Å². The van der Waals surface area contributed by atoms with Crippen LogP contribution in [0.5, 0.6) is 0 Å². The molecule has 0 amide bonds. The molecule has 0 atom stereocenters. The Hall–Kier alpha value is -1.76. The summed E-state index contributed by atoms with van der Waals surface area (Å²) in [6.45, 7) is 6.38. The number of nitrogens with zero attached hydrogens (tertiary/aromatic N) is 2. The summed E-state index contributed by atoms with van der Waals surface area (Å²) >= 11 is 0. The Balaban J connectivity index is 2.52. The quantitative estimate of drug-likeness (QED) is 0.616. The molecule has 7 heteroatoms. The fourth-order valence-electron chi connectivity index (χ4n) is 2.45. The van der Waals surface area contributed by atoms with Gasteiger partial charge >= 0.3 is 6.18 Å². The zero-order valence-corrected chi connectivity index (χ0v) is 15.0. The molecule has 0 heterocycles. The predicted octanol–water partition coefficient (Wildman–Crippen LogP) is 2.96. The van der Waals surface area contributed by atoms with Gasteiger partial charge in [0.1, 0.15) is 0 Å². The molecule has 1 aromatic rings. The Labute approximate surface area is 142 Å². The summed E-state index contributed by atoms with van der Waals surface area (Å²) < 4.78 is 37.6. The van der Waals surface area contributed by atoms with Crippen molar-refractivity contribution in [2.75, 3.05) is 34.2 Å². The van der Waals surface area contributed by atoms with Crippen molar-refractivity contribution in [3.05, 3.63) is 35.4 Å². The Bertz CT molecular complexity index is 534. The van der Waals surface area contributed by atoms with E-state index in [1.165, 1.54) is 12.1 Å². The van der Waals surface area contributed by atoms with Crippen molar-refractivity contribution in [3.63, 3.8) is 0 Å². The van der Waals surface area contributed by atoms with Crippen LogP contribution in [0.25, 0.3) is 0 Å². The number of nitrogens with one attached hydrogen (secondary N) is 2. The van der Waals surface area contributed by atoms with Gasteiger partial charge in [0.15, 0.2) is 5.96 Å². The number of halogens is 3. The van der Waals surface area contributed by atoms with E-state index < -0.39 is 11.7 Å². The van der Waals surface area contributed by atoms with Gasteiger partial charge in [-0.1, -0.05) is 26.0 Å². The van der Waals surface area contributed by atoms with Gasteiger partial charge in [0.05, 0.1) is 5.56 Å². The third-order valence-electron chi connectivity index (χ3n) is 3.44. The number of guanidine groups is 1. The maximum Gasteiger partial charge on any atom is 0.416 e. The van der Waals surface area contributed by atoms with Gasteiger partial charge < -0.3 is 15.5 Å². The molecule has 24 heavy (non-hydrogen) atoms. The van der Waals surface area contributed by atoms with E-state index in [1.807, 2.05) is 14.1 Å². The van der Waals surface area contributed by atoms with Crippen molar-refractivity contribution < 1.29 is 13.2 Å². The highest BCUT2D eigenvalue weighted by Gasteiger charge is 2.29. The number of aliphatic imine (C=N–C) groups is 1. The highest BCUT2D eigenvalue weighted by atomic mass is 19.4. The molecule has 1 rings (SSSR count). The zero-order chi connectivity index (χ0) is 18.4. The summed E-state index contributed by atoms with van der Waals surface area (Å²) in [7, 11) is 5.72. The molecule has 0 radical (unpaired) electrons. The second-order valence-electron chi connectivity index (χ2n) is 6.88. The molecule has 0 bridgehead atoms. The highest BCUT2D eigenvalue weighted by Crippen LogP contribution is 2.29. The van der Waals surface area contributed by atoms with Crippen molar-refractivity contribution in [1.82, 2.24) is 15.5 Å². The molecule has 0 aromatic heterocycles. The van der Waals surface area contributed by atoms with Crippen LogP contribution >= 0.6 is 0 Å². The number of alkyl halides is 3. The molecule has 0 unspecified atom stereocenters. The van der Waals surface area contributed by atoms with E-state index in [0.717, 1.165) is 30.8 Å². The van der Waals surface area contributed by atoms with Crippen LogP contribution in [0, 0.1) is 5.41 Å². The van der Waals surface area contributed by atoms with E-state index in [9.17, 15) is 13.2 Å². The molecule has 0 saturated carbocycles. The predicted molar refractivity (Wildman–Crippen MR) is 92.0 cm³/mol. The topological polar surface area (TPSA) is 39.7 Å². The van der Waals surface area contributed by atoms with Crippen molar-refractivity contribution in [3.8, 4) is 0 Å². The maximum absolute atomic E-state index is 12.5. The molecule has 0 aliphatic heterocycles. The van der Waals surface area contributed by atoms with Gasteiger partial charge in [-0.2, -0.15) is 13.2 Å². The first-order chi connectivity index (χ1) is 11.0. The summed E-state index contributed by atoms with van der Waals surface area (Å²) in [5.74, 6) is 0.627. The van der Waals surface area contributed by atoms with Gasteiger partial charge in [-0.3, -0.25) is 4.99 Å². The Morgan fingerprint density at radius 2 is 1.67 bits per heavy atom. The first-order valence-corrected chi connectivity index (χ1v) is 7.79. The second-order valence-corrected chi connectivity index (χ2v) is 6.88. The van der Waals surface area contributed by atoms with Crippen molar-refractivity contribution >= 4 is 5.96 Å². The number of hydrogen-bond acceptors (Lipinski definition) is 2. The van der Waals surface area contributed by atoms with Crippen LogP contribution in [0.1, 0.15) is 25.0 Å². The van der Waals surface area contributed by atoms with Crippen LogP contribution in [-0.2, 0) is 12.7 Å². The lowest BCUT2D eigenvalue weighted by molar-refractivity contribution is -0.137. The number of rotatable bonds is 6. The minimum absolute atomic E-state index is 0.0650. The van der Waals surface area contributed by atoms with E-state index in [1.54, 1.807) is 7.05 Å². The van der Waals surface area contributed by atoms with Crippen molar-refractivity contribution in [1.29, 1.82) is 0 Å². The highest BCUT2D eigenvalue weighted by molar-refractivity contribution is 5.79. The average molecular weight is 344 g/mol. The summed E-state index contributed by atoms with van der Waals surface area (Å²) in [6, 6.07) is 5.12. The van der Waals surface area contributed by atoms with Crippen LogP contribution < -0.4 is 10.6 Å². The van der Waals surface area contributed by atoms with Gasteiger partial charge in [-0.05, 0) is 37.2 Å². The van der Waals surface area contributed by atoms with Gasteiger partial charge in [0.25, 0.3) is 0 Å². The third kappa shape index (κ3) is 7.21. The summed E-state index contributed by atoms with van der Waals surface area (Å²) in [5.41, 5.74) is 0.188. The van der Waals surface area contributed by atoms with E-state index in [0.29, 0.717) is 12.5 Å².